The highest BCUT2D eigenvalue weighted by Crippen LogP contribution is 2.18. The molecule has 0 aliphatic rings. The first kappa shape index (κ1) is 20.0. The summed E-state index contributed by atoms with van der Waals surface area (Å²) >= 11 is 6.96. The summed E-state index contributed by atoms with van der Waals surface area (Å²) in [6.07, 6.45) is 0. The van der Waals surface area contributed by atoms with Gasteiger partial charge in [-0.2, -0.15) is 0 Å². The minimum absolute atomic E-state index is 0.176. The van der Waals surface area contributed by atoms with Gasteiger partial charge in [0.2, 0.25) is 5.91 Å². The Morgan fingerprint density at radius 2 is 1.80 bits per heavy atom. The molecule has 2 aromatic heterocycles. The van der Waals surface area contributed by atoms with Gasteiger partial charge in [0.25, 0.3) is 5.56 Å². The Morgan fingerprint density at radius 1 is 1.07 bits per heavy atom. The predicted octanol–water partition coefficient (Wildman–Crippen LogP) is 3.78. The standard InChI is InChI=1S/C20H12ClF2N3O3S/c21-11-2-1-3-14(6-11)24-17(27)10-25-16-4-5-30-18(16)19(28)26(20(25)29)15-8-12(22)7-13(23)9-15/h1-9H,10H2,(H,24,27). The lowest BCUT2D eigenvalue weighted by Crippen LogP contribution is -2.40. The van der Waals surface area contributed by atoms with E-state index in [4.69, 9.17) is 11.6 Å². The van der Waals surface area contributed by atoms with E-state index in [1.54, 1.807) is 29.6 Å². The van der Waals surface area contributed by atoms with E-state index in [-0.39, 0.29) is 15.9 Å². The molecule has 2 aromatic carbocycles. The average molecular weight is 448 g/mol. The number of halogens is 3. The summed E-state index contributed by atoms with van der Waals surface area (Å²) in [4.78, 5) is 38.4. The van der Waals surface area contributed by atoms with E-state index in [0.29, 0.717) is 21.3 Å². The molecule has 1 amide bonds. The number of nitrogens with one attached hydrogen (secondary N) is 1. The maximum atomic E-state index is 13.7. The fraction of sp³-hybridized carbons (Fsp3) is 0.0500. The van der Waals surface area contributed by atoms with Gasteiger partial charge >= 0.3 is 5.69 Å². The number of benzene rings is 2. The van der Waals surface area contributed by atoms with Gasteiger partial charge < -0.3 is 5.32 Å². The highest BCUT2D eigenvalue weighted by molar-refractivity contribution is 7.17. The Bertz CT molecular complexity index is 1390. The lowest BCUT2D eigenvalue weighted by molar-refractivity contribution is -0.116. The number of rotatable bonds is 4. The number of aromatic nitrogens is 2. The number of fused-ring (bicyclic) bond motifs is 1. The summed E-state index contributed by atoms with van der Waals surface area (Å²) < 4.78 is 29.3. The molecule has 1 N–H and O–H groups in total. The summed E-state index contributed by atoms with van der Waals surface area (Å²) in [7, 11) is 0. The van der Waals surface area contributed by atoms with Gasteiger partial charge in [0.05, 0.1) is 11.2 Å². The lowest BCUT2D eigenvalue weighted by atomic mass is 10.3. The van der Waals surface area contributed by atoms with Gasteiger partial charge in [0.15, 0.2) is 0 Å². The van der Waals surface area contributed by atoms with Crippen molar-refractivity contribution in [2.75, 3.05) is 5.32 Å². The molecule has 0 aliphatic carbocycles. The molecule has 0 aliphatic heterocycles. The maximum absolute atomic E-state index is 13.7. The molecule has 30 heavy (non-hydrogen) atoms. The minimum Gasteiger partial charge on any atom is -0.324 e. The fourth-order valence-electron chi connectivity index (χ4n) is 3.05. The van der Waals surface area contributed by atoms with Crippen molar-refractivity contribution in [3.05, 3.63) is 91.4 Å². The second-order valence-electron chi connectivity index (χ2n) is 6.33. The normalized spacial score (nSPS) is 11.0. The van der Waals surface area contributed by atoms with Crippen LogP contribution in [0.1, 0.15) is 0 Å². The number of hydrogen-bond acceptors (Lipinski definition) is 4. The van der Waals surface area contributed by atoms with Crippen LogP contribution in [0.25, 0.3) is 15.9 Å². The Balaban J connectivity index is 1.82. The molecule has 0 unspecified atom stereocenters. The molecule has 0 saturated heterocycles. The van der Waals surface area contributed by atoms with E-state index in [2.05, 4.69) is 5.32 Å². The summed E-state index contributed by atoms with van der Waals surface area (Å²) in [5.74, 6) is -2.41. The van der Waals surface area contributed by atoms with Crippen LogP contribution in [0, 0.1) is 11.6 Å². The highest BCUT2D eigenvalue weighted by atomic mass is 35.5. The first-order valence-corrected chi connectivity index (χ1v) is 9.84. The van der Waals surface area contributed by atoms with Crippen molar-refractivity contribution in [3.63, 3.8) is 0 Å². The van der Waals surface area contributed by atoms with Crippen LogP contribution in [-0.2, 0) is 11.3 Å². The van der Waals surface area contributed by atoms with Gasteiger partial charge in [-0.25, -0.2) is 18.1 Å². The zero-order chi connectivity index (χ0) is 21.4. The van der Waals surface area contributed by atoms with Crippen LogP contribution in [0.2, 0.25) is 5.02 Å². The van der Waals surface area contributed by atoms with Crippen molar-refractivity contribution in [2.24, 2.45) is 0 Å². The highest BCUT2D eigenvalue weighted by Gasteiger charge is 2.18. The predicted molar refractivity (Wildman–Crippen MR) is 112 cm³/mol. The third kappa shape index (κ3) is 3.77. The molecule has 2 heterocycles. The first-order chi connectivity index (χ1) is 14.3. The van der Waals surface area contributed by atoms with Gasteiger partial charge in [-0.1, -0.05) is 17.7 Å². The maximum Gasteiger partial charge on any atom is 0.336 e. The molecule has 4 rings (SSSR count). The molecule has 152 valence electrons. The van der Waals surface area contributed by atoms with Crippen LogP contribution in [0.3, 0.4) is 0 Å². The van der Waals surface area contributed by atoms with Crippen LogP contribution in [0.5, 0.6) is 0 Å². The molecule has 0 saturated carbocycles. The van der Waals surface area contributed by atoms with Gasteiger partial charge in [-0.3, -0.25) is 14.2 Å². The third-order valence-corrected chi connectivity index (χ3v) is 5.40. The number of hydrogen-bond donors (Lipinski definition) is 1. The Labute approximate surface area is 176 Å². The van der Waals surface area contributed by atoms with Crippen LogP contribution in [0.15, 0.2) is 63.5 Å². The molecule has 0 bridgehead atoms. The zero-order valence-corrected chi connectivity index (χ0v) is 16.6. The van der Waals surface area contributed by atoms with Gasteiger partial charge in [-0.15, -0.1) is 11.3 Å². The third-order valence-electron chi connectivity index (χ3n) is 4.27. The molecular formula is C20H12ClF2N3O3S. The zero-order valence-electron chi connectivity index (χ0n) is 15.1. The summed E-state index contributed by atoms with van der Waals surface area (Å²) in [6, 6.07) is 10.4. The molecule has 0 fully saturated rings. The summed E-state index contributed by atoms with van der Waals surface area (Å²) in [5, 5.41) is 4.63. The van der Waals surface area contributed by atoms with Crippen molar-refractivity contribution in [1.29, 1.82) is 0 Å². The number of carbonyl (C=O) groups is 1. The molecular weight excluding hydrogens is 436 g/mol. The Morgan fingerprint density at radius 3 is 2.50 bits per heavy atom. The molecule has 0 atom stereocenters. The van der Waals surface area contributed by atoms with Crippen molar-refractivity contribution >= 4 is 44.7 Å². The van der Waals surface area contributed by atoms with E-state index < -0.39 is 35.3 Å². The van der Waals surface area contributed by atoms with Crippen molar-refractivity contribution in [1.82, 2.24) is 9.13 Å². The van der Waals surface area contributed by atoms with E-state index in [1.165, 1.54) is 6.07 Å². The van der Waals surface area contributed by atoms with Crippen LogP contribution in [-0.4, -0.2) is 15.0 Å². The van der Waals surface area contributed by atoms with Crippen LogP contribution < -0.4 is 16.6 Å². The number of amides is 1. The first-order valence-electron chi connectivity index (χ1n) is 8.58. The van der Waals surface area contributed by atoms with E-state index in [0.717, 1.165) is 28.0 Å². The molecule has 0 spiro atoms. The molecule has 4 aromatic rings. The van der Waals surface area contributed by atoms with Crippen LogP contribution >= 0.6 is 22.9 Å². The quantitative estimate of drug-likeness (QED) is 0.517. The number of carbonyl (C=O) groups excluding carboxylic acids is 1. The number of thiophene rings is 1. The number of nitrogens with zero attached hydrogens (tertiary/aromatic N) is 2. The fourth-order valence-corrected chi connectivity index (χ4v) is 4.06. The van der Waals surface area contributed by atoms with Crippen molar-refractivity contribution in [3.8, 4) is 5.69 Å². The molecule has 0 radical (unpaired) electrons. The van der Waals surface area contributed by atoms with Gasteiger partial charge in [0.1, 0.15) is 22.9 Å². The van der Waals surface area contributed by atoms with E-state index >= 15 is 0 Å². The SMILES string of the molecule is O=C(Cn1c(=O)n(-c2cc(F)cc(F)c2)c(=O)c2sccc21)Nc1cccc(Cl)c1. The molecule has 10 heteroatoms. The molecule has 6 nitrogen and oxygen atoms in total. The largest absolute Gasteiger partial charge is 0.336 e. The van der Waals surface area contributed by atoms with Crippen LogP contribution in [0.4, 0.5) is 14.5 Å². The van der Waals surface area contributed by atoms with E-state index in [9.17, 15) is 23.2 Å². The summed E-state index contributed by atoms with van der Waals surface area (Å²) in [6.45, 7) is -0.420. The van der Waals surface area contributed by atoms with E-state index in [1.807, 2.05) is 0 Å². The van der Waals surface area contributed by atoms with Gasteiger partial charge in [-0.05, 0) is 41.8 Å². The average Bonchev–Trinajstić information content (AvgIpc) is 3.14. The second-order valence-corrected chi connectivity index (χ2v) is 7.68. The number of anilines is 1. The van der Waals surface area contributed by atoms with Crippen molar-refractivity contribution in [2.45, 2.75) is 6.54 Å². The minimum atomic E-state index is -0.937. The monoisotopic (exact) mass is 447 g/mol. The van der Waals surface area contributed by atoms with Gasteiger partial charge in [0, 0.05) is 16.8 Å². The smallest absolute Gasteiger partial charge is 0.324 e. The Kier molecular flexibility index (Phi) is 5.23. The second kappa shape index (κ2) is 7.85. The lowest BCUT2D eigenvalue weighted by Gasteiger charge is -2.13. The Hall–Kier alpha value is -3.30. The van der Waals surface area contributed by atoms with Crippen molar-refractivity contribution < 1.29 is 13.6 Å². The topological polar surface area (TPSA) is 73.1 Å². The summed E-state index contributed by atoms with van der Waals surface area (Å²) in [5.41, 5.74) is -1.19.